The van der Waals surface area contributed by atoms with Crippen molar-refractivity contribution < 1.29 is 9.31 Å². The lowest BCUT2D eigenvalue weighted by Gasteiger charge is -2.08. The SMILES string of the molecule is Cc1c(CNCc2ccccc2F)cccc1[N+](=O)[O-]. The Morgan fingerprint density at radius 3 is 2.45 bits per heavy atom. The summed E-state index contributed by atoms with van der Waals surface area (Å²) in [6, 6.07) is 11.5. The van der Waals surface area contributed by atoms with Crippen molar-refractivity contribution in [3.05, 3.63) is 75.1 Å². The van der Waals surface area contributed by atoms with Crippen LogP contribution < -0.4 is 5.32 Å². The molecule has 0 aromatic heterocycles. The summed E-state index contributed by atoms with van der Waals surface area (Å²) in [6.07, 6.45) is 0. The zero-order valence-corrected chi connectivity index (χ0v) is 11.1. The molecule has 0 spiro atoms. The first-order valence-corrected chi connectivity index (χ1v) is 6.26. The van der Waals surface area contributed by atoms with Crippen LogP contribution in [0.15, 0.2) is 42.5 Å². The van der Waals surface area contributed by atoms with Crippen LogP contribution in [0, 0.1) is 22.9 Å². The number of hydrogen-bond acceptors (Lipinski definition) is 3. The molecule has 2 aromatic rings. The highest BCUT2D eigenvalue weighted by Gasteiger charge is 2.12. The van der Waals surface area contributed by atoms with Gasteiger partial charge in [-0.1, -0.05) is 30.3 Å². The van der Waals surface area contributed by atoms with E-state index >= 15 is 0 Å². The summed E-state index contributed by atoms with van der Waals surface area (Å²) in [5.41, 5.74) is 2.17. The quantitative estimate of drug-likeness (QED) is 0.672. The van der Waals surface area contributed by atoms with Crippen LogP contribution in [0.3, 0.4) is 0 Å². The summed E-state index contributed by atoms with van der Waals surface area (Å²) >= 11 is 0. The molecule has 5 heteroatoms. The van der Waals surface area contributed by atoms with Crippen molar-refractivity contribution in [2.45, 2.75) is 20.0 Å². The normalized spacial score (nSPS) is 10.5. The summed E-state index contributed by atoms with van der Waals surface area (Å²) < 4.78 is 13.4. The Kier molecular flexibility index (Phi) is 4.42. The van der Waals surface area contributed by atoms with E-state index in [9.17, 15) is 14.5 Å². The van der Waals surface area contributed by atoms with Gasteiger partial charge in [0, 0.05) is 30.3 Å². The summed E-state index contributed by atoms with van der Waals surface area (Å²) in [5, 5.41) is 14.0. The lowest BCUT2D eigenvalue weighted by atomic mass is 10.1. The Balaban J connectivity index is 2.03. The van der Waals surface area contributed by atoms with E-state index < -0.39 is 4.92 Å². The van der Waals surface area contributed by atoms with Gasteiger partial charge in [0.2, 0.25) is 0 Å². The Morgan fingerprint density at radius 2 is 1.75 bits per heavy atom. The second kappa shape index (κ2) is 6.25. The van der Waals surface area contributed by atoms with E-state index in [1.807, 2.05) is 6.07 Å². The first-order valence-electron chi connectivity index (χ1n) is 6.26. The molecule has 0 bridgehead atoms. The Labute approximate surface area is 116 Å². The largest absolute Gasteiger partial charge is 0.308 e. The smallest absolute Gasteiger partial charge is 0.272 e. The Hall–Kier alpha value is -2.27. The van der Waals surface area contributed by atoms with E-state index in [0.29, 0.717) is 24.2 Å². The predicted molar refractivity (Wildman–Crippen MR) is 74.8 cm³/mol. The number of nitro benzene ring substituents is 1. The average molecular weight is 274 g/mol. The molecule has 0 unspecified atom stereocenters. The highest BCUT2D eigenvalue weighted by atomic mass is 19.1. The summed E-state index contributed by atoms with van der Waals surface area (Å²) in [6.45, 7) is 2.56. The Bertz CT molecular complexity index is 629. The highest BCUT2D eigenvalue weighted by molar-refractivity contribution is 5.44. The molecule has 2 rings (SSSR count). The van der Waals surface area contributed by atoms with Gasteiger partial charge in [0.15, 0.2) is 0 Å². The maximum atomic E-state index is 13.4. The minimum Gasteiger partial charge on any atom is -0.308 e. The number of nitrogens with zero attached hydrogens (tertiary/aromatic N) is 1. The van der Waals surface area contributed by atoms with Gasteiger partial charge in [0.25, 0.3) is 5.69 Å². The molecule has 2 aromatic carbocycles. The summed E-state index contributed by atoms with van der Waals surface area (Å²) in [4.78, 5) is 10.5. The van der Waals surface area contributed by atoms with Gasteiger partial charge in [-0.2, -0.15) is 0 Å². The van der Waals surface area contributed by atoms with E-state index in [1.54, 1.807) is 31.2 Å². The van der Waals surface area contributed by atoms with Gasteiger partial charge in [-0.05, 0) is 18.6 Å². The van der Waals surface area contributed by atoms with Crippen molar-refractivity contribution in [3.8, 4) is 0 Å². The zero-order chi connectivity index (χ0) is 14.5. The van der Waals surface area contributed by atoms with E-state index in [2.05, 4.69) is 5.32 Å². The standard InChI is InChI=1S/C15H15FN2O2/c1-11-12(6-4-8-15(11)18(19)20)9-17-10-13-5-2-3-7-14(13)16/h2-8,17H,9-10H2,1H3. The van der Waals surface area contributed by atoms with Crippen LogP contribution in [0.2, 0.25) is 0 Å². The lowest BCUT2D eigenvalue weighted by Crippen LogP contribution is -2.14. The molecular formula is C15H15FN2O2. The van der Waals surface area contributed by atoms with E-state index in [1.165, 1.54) is 12.1 Å². The maximum absolute atomic E-state index is 13.4. The summed E-state index contributed by atoms with van der Waals surface area (Å²) in [7, 11) is 0. The molecule has 0 fully saturated rings. The molecule has 0 aliphatic rings. The van der Waals surface area contributed by atoms with Gasteiger partial charge in [0.05, 0.1) is 4.92 Å². The van der Waals surface area contributed by atoms with Crippen molar-refractivity contribution in [1.82, 2.24) is 5.32 Å². The molecule has 0 atom stereocenters. The van der Waals surface area contributed by atoms with Gasteiger partial charge >= 0.3 is 0 Å². The number of hydrogen-bond donors (Lipinski definition) is 1. The van der Waals surface area contributed by atoms with Crippen LogP contribution in [0.4, 0.5) is 10.1 Å². The predicted octanol–water partition coefficient (Wildman–Crippen LogP) is 3.33. The number of halogens is 1. The maximum Gasteiger partial charge on any atom is 0.272 e. The number of nitrogens with one attached hydrogen (secondary N) is 1. The fourth-order valence-corrected chi connectivity index (χ4v) is 2.03. The van der Waals surface area contributed by atoms with Crippen molar-refractivity contribution in [3.63, 3.8) is 0 Å². The second-order valence-corrected chi connectivity index (χ2v) is 4.51. The first-order chi connectivity index (χ1) is 9.59. The molecule has 0 amide bonds. The molecule has 20 heavy (non-hydrogen) atoms. The van der Waals surface area contributed by atoms with Crippen LogP contribution in [-0.2, 0) is 13.1 Å². The zero-order valence-electron chi connectivity index (χ0n) is 11.1. The minimum atomic E-state index is -0.393. The second-order valence-electron chi connectivity index (χ2n) is 4.51. The third kappa shape index (κ3) is 3.19. The lowest BCUT2D eigenvalue weighted by molar-refractivity contribution is -0.385. The molecule has 104 valence electrons. The van der Waals surface area contributed by atoms with Gasteiger partial charge < -0.3 is 5.32 Å². The van der Waals surface area contributed by atoms with Crippen molar-refractivity contribution in [2.75, 3.05) is 0 Å². The third-order valence-corrected chi connectivity index (χ3v) is 3.20. The fourth-order valence-electron chi connectivity index (χ4n) is 2.03. The van der Waals surface area contributed by atoms with Gasteiger partial charge in [0.1, 0.15) is 5.82 Å². The van der Waals surface area contributed by atoms with Gasteiger partial charge in [-0.15, -0.1) is 0 Å². The van der Waals surface area contributed by atoms with Gasteiger partial charge in [-0.25, -0.2) is 4.39 Å². The van der Waals surface area contributed by atoms with Crippen LogP contribution in [0.5, 0.6) is 0 Å². The summed E-state index contributed by atoms with van der Waals surface area (Å²) in [5.74, 6) is -0.254. The molecule has 0 saturated carbocycles. The topological polar surface area (TPSA) is 55.2 Å². The molecule has 0 heterocycles. The molecule has 0 aliphatic carbocycles. The van der Waals surface area contributed by atoms with Crippen molar-refractivity contribution in [1.29, 1.82) is 0 Å². The average Bonchev–Trinajstić information content (AvgIpc) is 2.42. The van der Waals surface area contributed by atoms with Crippen LogP contribution in [0.1, 0.15) is 16.7 Å². The van der Waals surface area contributed by atoms with Crippen LogP contribution in [-0.4, -0.2) is 4.92 Å². The van der Waals surface area contributed by atoms with Crippen LogP contribution in [0.25, 0.3) is 0 Å². The molecule has 4 nitrogen and oxygen atoms in total. The first kappa shape index (κ1) is 14.1. The van der Waals surface area contributed by atoms with E-state index in [0.717, 1.165) is 5.56 Å². The van der Waals surface area contributed by atoms with E-state index in [4.69, 9.17) is 0 Å². The molecule has 1 N–H and O–H groups in total. The molecule has 0 aliphatic heterocycles. The van der Waals surface area contributed by atoms with E-state index in [-0.39, 0.29) is 11.5 Å². The third-order valence-electron chi connectivity index (χ3n) is 3.20. The molecular weight excluding hydrogens is 259 g/mol. The minimum absolute atomic E-state index is 0.107. The number of benzene rings is 2. The fraction of sp³-hybridized carbons (Fsp3) is 0.200. The van der Waals surface area contributed by atoms with Gasteiger partial charge in [-0.3, -0.25) is 10.1 Å². The number of rotatable bonds is 5. The highest BCUT2D eigenvalue weighted by Crippen LogP contribution is 2.21. The Morgan fingerprint density at radius 1 is 1.10 bits per heavy atom. The van der Waals surface area contributed by atoms with Crippen molar-refractivity contribution >= 4 is 5.69 Å². The molecule has 0 saturated heterocycles. The monoisotopic (exact) mass is 274 g/mol. The van der Waals surface area contributed by atoms with Crippen molar-refractivity contribution in [2.24, 2.45) is 0 Å². The molecule has 0 radical (unpaired) electrons. The van der Waals surface area contributed by atoms with Crippen LogP contribution >= 0.6 is 0 Å². The number of nitro groups is 1.